The first kappa shape index (κ1) is 28.7. The zero-order chi connectivity index (χ0) is 20.8. The van der Waals surface area contributed by atoms with Gasteiger partial charge in [-0.05, 0) is 5.92 Å². The predicted molar refractivity (Wildman–Crippen MR) is 115 cm³/mol. The normalized spacial score (nSPS) is 31.0. The van der Waals surface area contributed by atoms with E-state index < -0.39 is 0 Å². The zero-order valence-electron chi connectivity index (χ0n) is 19.4. The molecule has 0 aliphatic heterocycles. The number of hydrogen-bond acceptors (Lipinski definition) is 1. The fraction of sp³-hybridized carbons (Fsp3) is 0.875. The maximum absolute atomic E-state index is 4.07. The van der Waals surface area contributed by atoms with Gasteiger partial charge in [-0.2, -0.15) is 31.1 Å². The number of rotatable bonds is 0. The van der Waals surface area contributed by atoms with Gasteiger partial charge in [-0.1, -0.05) is 72.6 Å². The van der Waals surface area contributed by atoms with Crippen molar-refractivity contribution in [2.24, 2.45) is 32.9 Å². The molecular weight excluding hydrogens is 395 g/mol. The second-order valence-corrected chi connectivity index (χ2v) is 9.68. The molecule has 2 rings (SSSR count). The van der Waals surface area contributed by atoms with Gasteiger partial charge in [-0.3, -0.25) is 0 Å². The quantitative estimate of drug-likeness (QED) is 0.264. The Balaban J connectivity index is 0. The summed E-state index contributed by atoms with van der Waals surface area (Å²) < 4.78 is 4.07. The zero-order valence-corrected chi connectivity index (χ0v) is 21.6. The molecule has 2 aliphatic carbocycles. The minimum absolute atomic E-state index is 0.189. The van der Waals surface area contributed by atoms with Gasteiger partial charge in [0.2, 0.25) is 0 Å². The third kappa shape index (κ3) is 15.6. The van der Waals surface area contributed by atoms with E-state index >= 15 is 0 Å². The van der Waals surface area contributed by atoms with Crippen LogP contribution in [0.15, 0.2) is 3.34 Å². The molecule has 2 saturated carbocycles. The Hall–Kier alpha value is 0.540. The molecule has 2 fully saturated rings. The Morgan fingerprint density at radius 3 is 1.42 bits per heavy atom. The summed E-state index contributed by atoms with van der Waals surface area (Å²) in [7, 11) is 0. The van der Waals surface area contributed by atoms with Crippen molar-refractivity contribution < 1.29 is 20.9 Å². The molecule has 0 saturated heterocycles. The summed E-state index contributed by atoms with van der Waals surface area (Å²) in [6.07, 6.45) is 13.0. The van der Waals surface area contributed by atoms with Crippen molar-refractivity contribution in [2.45, 2.75) is 106 Å². The molecule has 4 unspecified atom stereocenters. The standard InChI is InChI=1S/C11H21.C6H11.C4H9N.C3H7.Nb/c1-7-6-8(2)10(4)11(5)9(7)3;1-2-4-6-5-3-1;1-4(2,3)5;1-3-2;/h6-11H,1-5H3;1H,2-6H2;1-3H3;1,3H2,2H3;/q2*-1;;-1;. The molecule has 0 aromatic heterocycles. The van der Waals surface area contributed by atoms with Crippen LogP contribution < -0.4 is 0 Å². The summed E-state index contributed by atoms with van der Waals surface area (Å²) >= 11 is 1.52. The van der Waals surface area contributed by atoms with Crippen LogP contribution in [0.4, 0.5) is 0 Å². The van der Waals surface area contributed by atoms with Gasteiger partial charge in [0, 0.05) is 0 Å². The largest absolute Gasteiger partial charge is 0.344 e. The van der Waals surface area contributed by atoms with Gasteiger partial charge in [-0.15, -0.1) is 0 Å². The summed E-state index contributed by atoms with van der Waals surface area (Å²) in [5.41, 5.74) is 0.189. The second kappa shape index (κ2) is 16.5. The van der Waals surface area contributed by atoms with E-state index in [4.69, 9.17) is 0 Å². The van der Waals surface area contributed by atoms with Crippen LogP contribution in [0.5, 0.6) is 0 Å². The summed E-state index contributed by atoms with van der Waals surface area (Å²) in [6.45, 7) is 23.6. The molecule has 26 heavy (non-hydrogen) atoms. The van der Waals surface area contributed by atoms with E-state index in [9.17, 15) is 0 Å². The predicted octanol–water partition coefficient (Wildman–Crippen LogP) is 8.29. The maximum atomic E-state index is 4.07. The van der Waals surface area contributed by atoms with Crippen molar-refractivity contribution in [1.29, 1.82) is 0 Å². The molecule has 1 nitrogen and oxygen atoms in total. The van der Waals surface area contributed by atoms with Crippen LogP contribution in [0.25, 0.3) is 0 Å². The first-order valence-electron chi connectivity index (χ1n) is 10.8. The molecule has 0 heterocycles. The number of hydrogen-bond donors (Lipinski definition) is 0. The SMILES string of the molecule is CC(C)(C)[N]=[Nb].CC1[CH-]C(C)C(C)C(C)C1C.[CH-]1CCCCC1.[CH2-]CC. The average Bonchev–Trinajstić information content (AvgIpc) is 2.61. The average molecular weight is 444 g/mol. The minimum Gasteiger partial charge on any atom is -0.344 e. The van der Waals surface area contributed by atoms with E-state index in [-0.39, 0.29) is 5.54 Å². The van der Waals surface area contributed by atoms with Crippen LogP contribution in [0.3, 0.4) is 0 Å². The first-order valence-corrected chi connectivity index (χ1v) is 11.8. The molecule has 0 aromatic rings. The molecule has 4 atom stereocenters. The molecule has 0 N–H and O–H groups in total. The topological polar surface area (TPSA) is 12.4 Å². The van der Waals surface area contributed by atoms with Crippen LogP contribution in [-0.2, 0) is 20.9 Å². The van der Waals surface area contributed by atoms with Crippen LogP contribution in [-0.4, -0.2) is 5.54 Å². The van der Waals surface area contributed by atoms with Gasteiger partial charge in [0.15, 0.2) is 0 Å². The van der Waals surface area contributed by atoms with Crippen LogP contribution >= 0.6 is 0 Å². The third-order valence-electron chi connectivity index (χ3n) is 5.54. The molecule has 0 radical (unpaired) electrons. The monoisotopic (exact) mass is 443 g/mol. The van der Waals surface area contributed by atoms with Gasteiger partial charge >= 0.3 is 50.5 Å². The summed E-state index contributed by atoms with van der Waals surface area (Å²) in [5, 5.41) is 0. The van der Waals surface area contributed by atoms with Crippen molar-refractivity contribution in [2.75, 3.05) is 0 Å². The van der Waals surface area contributed by atoms with E-state index in [1.807, 2.05) is 6.92 Å². The minimum atomic E-state index is 0.189. The smallest absolute Gasteiger partial charge is 0.0435 e. The molecule has 0 spiro atoms. The van der Waals surface area contributed by atoms with Crippen molar-refractivity contribution in [1.82, 2.24) is 0 Å². The molecule has 2 heteroatoms. The third-order valence-corrected chi connectivity index (χ3v) is 7.02. The van der Waals surface area contributed by atoms with Gasteiger partial charge < -0.3 is 19.8 Å². The van der Waals surface area contributed by atoms with Crippen molar-refractivity contribution in [3.8, 4) is 0 Å². The van der Waals surface area contributed by atoms with Gasteiger partial charge in [0.1, 0.15) is 0 Å². The maximum Gasteiger partial charge on any atom is -0.0435 e. The van der Waals surface area contributed by atoms with E-state index in [0.717, 1.165) is 36.0 Å². The summed E-state index contributed by atoms with van der Waals surface area (Å²) in [6, 6.07) is 0. The van der Waals surface area contributed by atoms with Crippen LogP contribution in [0, 0.1) is 49.4 Å². The van der Waals surface area contributed by atoms with Crippen LogP contribution in [0.1, 0.15) is 101 Å². The fourth-order valence-corrected chi connectivity index (χ4v) is 3.16. The molecule has 0 aromatic carbocycles. The Morgan fingerprint density at radius 1 is 0.885 bits per heavy atom. The Labute approximate surface area is 179 Å². The Bertz CT molecular complexity index is 291. The second-order valence-electron chi connectivity index (χ2n) is 9.19. The van der Waals surface area contributed by atoms with Gasteiger partial charge in [0.25, 0.3) is 0 Å². The van der Waals surface area contributed by atoms with E-state index in [2.05, 4.69) is 78.5 Å². The Kier molecular flexibility index (Phi) is 18.2. The molecule has 157 valence electrons. The van der Waals surface area contributed by atoms with Crippen molar-refractivity contribution in [3.05, 3.63) is 19.8 Å². The first-order chi connectivity index (χ1) is 12.0. The molecule has 0 bridgehead atoms. The van der Waals surface area contributed by atoms with E-state index in [1.165, 1.54) is 53.0 Å². The number of nitrogens with zero attached hydrogens (tertiary/aromatic N) is 1. The summed E-state index contributed by atoms with van der Waals surface area (Å²) in [4.78, 5) is 0. The Morgan fingerprint density at radius 2 is 1.23 bits per heavy atom. The van der Waals surface area contributed by atoms with E-state index in [1.54, 1.807) is 0 Å². The van der Waals surface area contributed by atoms with E-state index in [0.29, 0.717) is 0 Å². The van der Waals surface area contributed by atoms with Crippen LogP contribution in [0.2, 0.25) is 0 Å². The molecular formula is C24H48NNb-3. The molecule has 2 aliphatic rings. The van der Waals surface area contributed by atoms with Gasteiger partial charge in [-0.25, -0.2) is 0 Å². The summed E-state index contributed by atoms with van der Waals surface area (Å²) in [5.74, 6) is 4.28. The molecule has 0 amide bonds. The fourth-order valence-electron chi connectivity index (χ4n) is 3.16. The van der Waals surface area contributed by atoms with Crippen molar-refractivity contribution >= 4 is 0 Å². The van der Waals surface area contributed by atoms with Gasteiger partial charge in [0.05, 0.1) is 0 Å². The van der Waals surface area contributed by atoms with Crippen molar-refractivity contribution in [3.63, 3.8) is 0 Å².